The lowest BCUT2D eigenvalue weighted by atomic mass is 9.70. The Labute approximate surface area is 97.5 Å². The summed E-state index contributed by atoms with van der Waals surface area (Å²) in [5.74, 6) is 0.0199. The quantitative estimate of drug-likeness (QED) is 0.677. The second-order valence-electron chi connectivity index (χ2n) is 4.63. The van der Waals surface area contributed by atoms with E-state index in [-0.39, 0.29) is 11.8 Å². The average Bonchev–Trinajstić information content (AvgIpc) is 2.30. The van der Waals surface area contributed by atoms with Crippen LogP contribution in [0.25, 0.3) is 0 Å². The number of Topliss-reactive ketones (excluding diaryl/α,β-unsaturated/α-hetero) is 1. The van der Waals surface area contributed by atoms with E-state index in [4.69, 9.17) is 4.74 Å². The zero-order valence-electron chi connectivity index (χ0n) is 10.4. The number of rotatable bonds is 5. The van der Waals surface area contributed by atoms with Gasteiger partial charge in [0.25, 0.3) is 0 Å². The molecule has 1 rings (SSSR count). The predicted octanol–water partition coefficient (Wildman–Crippen LogP) is 2.87. The molecular weight excluding hydrogens is 204 g/mol. The minimum absolute atomic E-state index is 0.156. The number of hydrogen-bond donors (Lipinski definition) is 0. The van der Waals surface area contributed by atoms with Gasteiger partial charge in [-0.05, 0) is 19.8 Å². The van der Waals surface area contributed by atoms with Crippen molar-refractivity contribution >= 4 is 11.8 Å². The first kappa shape index (κ1) is 13.2. The topological polar surface area (TPSA) is 43.4 Å². The first-order valence-electron chi connectivity index (χ1n) is 6.33. The van der Waals surface area contributed by atoms with Crippen LogP contribution in [0.3, 0.4) is 0 Å². The molecule has 1 saturated carbocycles. The number of ketones is 1. The maximum absolute atomic E-state index is 12.0. The highest BCUT2D eigenvalue weighted by Gasteiger charge is 2.42. The van der Waals surface area contributed by atoms with Crippen molar-refractivity contribution in [1.29, 1.82) is 0 Å². The Morgan fingerprint density at radius 3 is 2.25 bits per heavy atom. The van der Waals surface area contributed by atoms with Crippen molar-refractivity contribution in [1.82, 2.24) is 0 Å². The molecule has 0 atom stereocenters. The van der Waals surface area contributed by atoms with E-state index < -0.39 is 5.41 Å². The van der Waals surface area contributed by atoms with Crippen molar-refractivity contribution in [2.45, 2.75) is 58.8 Å². The zero-order chi connectivity index (χ0) is 12.0. The van der Waals surface area contributed by atoms with Gasteiger partial charge in [-0.3, -0.25) is 9.59 Å². The van der Waals surface area contributed by atoms with Crippen LogP contribution in [0.2, 0.25) is 0 Å². The van der Waals surface area contributed by atoms with Crippen molar-refractivity contribution < 1.29 is 14.3 Å². The van der Waals surface area contributed by atoms with E-state index in [1.165, 1.54) is 6.42 Å². The molecule has 0 radical (unpaired) electrons. The second-order valence-corrected chi connectivity index (χ2v) is 4.63. The summed E-state index contributed by atoms with van der Waals surface area (Å²) in [6.45, 7) is 4.07. The lowest BCUT2D eigenvalue weighted by Gasteiger charge is -2.34. The van der Waals surface area contributed by atoms with E-state index in [0.29, 0.717) is 19.4 Å². The van der Waals surface area contributed by atoms with Gasteiger partial charge in [0.15, 0.2) is 0 Å². The third-order valence-corrected chi connectivity index (χ3v) is 3.45. The fraction of sp³-hybridized carbons (Fsp3) is 0.846. The van der Waals surface area contributed by atoms with Gasteiger partial charge in [-0.2, -0.15) is 0 Å². The van der Waals surface area contributed by atoms with Crippen LogP contribution >= 0.6 is 0 Å². The van der Waals surface area contributed by atoms with Crippen LogP contribution in [0.5, 0.6) is 0 Å². The standard InChI is InChI=1S/C13H22O3/c1-3-11(14)10-13(12(15)16-4-2)8-6-5-7-9-13/h3-10H2,1-2H3. The van der Waals surface area contributed by atoms with Crippen LogP contribution in [-0.2, 0) is 14.3 Å². The van der Waals surface area contributed by atoms with E-state index in [1.54, 1.807) is 0 Å². The number of ether oxygens (including phenoxy) is 1. The Bertz CT molecular complexity index is 252. The summed E-state index contributed by atoms with van der Waals surface area (Å²) in [4.78, 5) is 23.6. The minimum Gasteiger partial charge on any atom is -0.466 e. The Balaban J connectivity index is 2.74. The van der Waals surface area contributed by atoms with E-state index in [1.807, 2.05) is 13.8 Å². The summed E-state index contributed by atoms with van der Waals surface area (Å²) in [7, 11) is 0. The highest BCUT2D eigenvalue weighted by molar-refractivity contribution is 5.87. The van der Waals surface area contributed by atoms with Crippen LogP contribution in [0.15, 0.2) is 0 Å². The van der Waals surface area contributed by atoms with Gasteiger partial charge >= 0.3 is 5.97 Å². The molecule has 0 amide bonds. The minimum atomic E-state index is -0.499. The molecule has 0 aliphatic heterocycles. The SMILES string of the molecule is CCOC(=O)C1(CC(=O)CC)CCCCC1. The van der Waals surface area contributed by atoms with E-state index in [0.717, 1.165) is 25.7 Å². The van der Waals surface area contributed by atoms with Gasteiger partial charge in [0.05, 0.1) is 12.0 Å². The molecule has 92 valence electrons. The van der Waals surface area contributed by atoms with Crippen molar-refractivity contribution in [2.24, 2.45) is 5.41 Å². The highest BCUT2D eigenvalue weighted by Crippen LogP contribution is 2.40. The zero-order valence-corrected chi connectivity index (χ0v) is 10.4. The number of esters is 1. The van der Waals surface area contributed by atoms with Crippen LogP contribution in [0, 0.1) is 5.41 Å². The molecule has 1 aliphatic rings. The fourth-order valence-corrected chi connectivity index (χ4v) is 2.47. The molecule has 0 aromatic rings. The van der Waals surface area contributed by atoms with Gasteiger partial charge in [-0.15, -0.1) is 0 Å². The molecule has 16 heavy (non-hydrogen) atoms. The summed E-state index contributed by atoms with van der Waals surface area (Å²) in [5.41, 5.74) is -0.499. The second kappa shape index (κ2) is 6.02. The highest BCUT2D eigenvalue weighted by atomic mass is 16.5. The molecule has 0 spiro atoms. The molecule has 0 aromatic carbocycles. The van der Waals surface area contributed by atoms with Crippen LogP contribution in [0.4, 0.5) is 0 Å². The van der Waals surface area contributed by atoms with E-state index in [2.05, 4.69) is 0 Å². The first-order valence-corrected chi connectivity index (χ1v) is 6.33. The molecule has 0 bridgehead atoms. The Morgan fingerprint density at radius 2 is 1.75 bits per heavy atom. The van der Waals surface area contributed by atoms with E-state index >= 15 is 0 Å². The fourth-order valence-electron chi connectivity index (χ4n) is 2.47. The lowest BCUT2D eigenvalue weighted by molar-refractivity contribution is -0.159. The third kappa shape index (κ3) is 3.06. The molecule has 3 nitrogen and oxygen atoms in total. The maximum atomic E-state index is 12.0. The average molecular weight is 226 g/mol. The summed E-state index contributed by atoms with van der Waals surface area (Å²) >= 11 is 0. The van der Waals surface area contributed by atoms with Gasteiger partial charge in [0.1, 0.15) is 5.78 Å². The Kier molecular flexibility index (Phi) is 4.97. The molecule has 0 aromatic heterocycles. The third-order valence-electron chi connectivity index (χ3n) is 3.45. The number of carbonyl (C=O) groups excluding carboxylic acids is 2. The molecule has 1 fully saturated rings. The molecule has 1 aliphatic carbocycles. The smallest absolute Gasteiger partial charge is 0.312 e. The van der Waals surface area contributed by atoms with Crippen LogP contribution in [-0.4, -0.2) is 18.4 Å². The Hall–Kier alpha value is -0.860. The molecule has 0 saturated heterocycles. The van der Waals surface area contributed by atoms with Crippen molar-refractivity contribution in [2.75, 3.05) is 6.61 Å². The van der Waals surface area contributed by atoms with E-state index in [9.17, 15) is 9.59 Å². The van der Waals surface area contributed by atoms with Gasteiger partial charge in [-0.1, -0.05) is 26.2 Å². The monoisotopic (exact) mass is 226 g/mol. The van der Waals surface area contributed by atoms with Gasteiger partial charge in [0.2, 0.25) is 0 Å². The normalized spacial score (nSPS) is 19.1. The van der Waals surface area contributed by atoms with Crippen molar-refractivity contribution in [3.63, 3.8) is 0 Å². The predicted molar refractivity (Wildman–Crippen MR) is 62.1 cm³/mol. The lowest BCUT2D eigenvalue weighted by Crippen LogP contribution is -2.37. The molecule has 0 unspecified atom stereocenters. The Morgan fingerprint density at radius 1 is 1.12 bits per heavy atom. The number of carbonyl (C=O) groups is 2. The maximum Gasteiger partial charge on any atom is 0.312 e. The van der Waals surface area contributed by atoms with Crippen molar-refractivity contribution in [3.05, 3.63) is 0 Å². The van der Waals surface area contributed by atoms with Gasteiger partial charge in [0, 0.05) is 12.8 Å². The summed E-state index contributed by atoms with van der Waals surface area (Å²) in [6, 6.07) is 0. The van der Waals surface area contributed by atoms with Crippen LogP contribution < -0.4 is 0 Å². The van der Waals surface area contributed by atoms with Gasteiger partial charge in [-0.25, -0.2) is 0 Å². The first-order chi connectivity index (χ1) is 7.64. The summed E-state index contributed by atoms with van der Waals surface area (Å²) in [5, 5.41) is 0. The van der Waals surface area contributed by atoms with Crippen molar-refractivity contribution in [3.8, 4) is 0 Å². The molecule has 3 heteroatoms. The largest absolute Gasteiger partial charge is 0.466 e. The molecule has 0 heterocycles. The van der Waals surface area contributed by atoms with Gasteiger partial charge < -0.3 is 4.74 Å². The number of hydrogen-bond acceptors (Lipinski definition) is 3. The summed E-state index contributed by atoms with van der Waals surface area (Å²) < 4.78 is 5.14. The molecular formula is C13H22O3. The molecule has 0 N–H and O–H groups in total. The summed E-state index contributed by atoms with van der Waals surface area (Å²) in [6.07, 6.45) is 5.77. The van der Waals surface area contributed by atoms with Crippen LogP contribution in [0.1, 0.15) is 58.8 Å².